The van der Waals surface area contributed by atoms with E-state index in [1.807, 2.05) is 30.1 Å². The van der Waals surface area contributed by atoms with Crippen molar-refractivity contribution < 1.29 is 0 Å². The fraction of sp³-hybridized carbons (Fsp3) is 0.167. The van der Waals surface area contributed by atoms with Gasteiger partial charge < -0.3 is 10.3 Å². The molecule has 0 aliphatic carbocycles. The summed E-state index contributed by atoms with van der Waals surface area (Å²) in [7, 11) is 1.96. The van der Waals surface area contributed by atoms with E-state index in [-0.39, 0.29) is 0 Å². The molecule has 0 aliphatic rings. The quantitative estimate of drug-likeness (QED) is 0.669. The number of nitrogen functional groups attached to an aromatic ring is 1. The van der Waals surface area contributed by atoms with Gasteiger partial charge in [-0.1, -0.05) is 34.1 Å². The number of hydrazine groups is 1. The van der Waals surface area contributed by atoms with Crippen LogP contribution in [0.4, 0.5) is 11.6 Å². The van der Waals surface area contributed by atoms with Gasteiger partial charge in [0.25, 0.3) is 0 Å². The van der Waals surface area contributed by atoms with Gasteiger partial charge in [0, 0.05) is 18.1 Å². The lowest BCUT2D eigenvalue weighted by atomic mass is 10.2. The summed E-state index contributed by atoms with van der Waals surface area (Å²) in [5, 5.41) is 0. The maximum atomic E-state index is 5.32. The van der Waals surface area contributed by atoms with Gasteiger partial charge in [0.1, 0.15) is 5.82 Å². The van der Waals surface area contributed by atoms with Crippen LogP contribution < -0.4 is 16.2 Å². The number of halogens is 1. The molecule has 0 spiro atoms. The molecule has 18 heavy (non-hydrogen) atoms. The third-order valence-electron chi connectivity index (χ3n) is 2.53. The highest BCUT2D eigenvalue weighted by atomic mass is 79.9. The summed E-state index contributed by atoms with van der Waals surface area (Å²) in [6.07, 6.45) is 3.29. The molecular formula is C12H14BrN5. The maximum Gasteiger partial charge on any atom is 0.160 e. The van der Waals surface area contributed by atoms with Crippen molar-refractivity contribution in [2.75, 3.05) is 17.4 Å². The molecule has 94 valence electrons. The SMILES string of the molecule is CN(Cc1ccccc1Br)c1cncc(NN)n1. The van der Waals surface area contributed by atoms with E-state index in [0.29, 0.717) is 5.82 Å². The number of benzene rings is 1. The minimum atomic E-state index is 0.548. The number of anilines is 2. The molecule has 1 aromatic carbocycles. The van der Waals surface area contributed by atoms with Crippen LogP contribution in [0.2, 0.25) is 0 Å². The van der Waals surface area contributed by atoms with Crippen LogP contribution >= 0.6 is 15.9 Å². The minimum absolute atomic E-state index is 0.548. The average Bonchev–Trinajstić information content (AvgIpc) is 2.41. The number of nitrogens with one attached hydrogen (secondary N) is 1. The van der Waals surface area contributed by atoms with Crippen LogP contribution in [0.25, 0.3) is 0 Å². The van der Waals surface area contributed by atoms with Crippen molar-refractivity contribution in [2.24, 2.45) is 5.84 Å². The van der Waals surface area contributed by atoms with Crippen molar-refractivity contribution in [3.63, 3.8) is 0 Å². The average molecular weight is 308 g/mol. The predicted molar refractivity (Wildman–Crippen MR) is 76.1 cm³/mol. The fourth-order valence-electron chi connectivity index (χ4n) is 1.57. The number of nitrogens with zero attached hydrogens (tertiary/aromatic N) is 3. The molecule has 0 atom stereocenters. The highest BCUT2D eigenvalue weighted by Crippen LogP contribution is 2.19. The second-order valence-electron chi connectivity index (χ2n) is 3.85. The summed E-state index contributed by atoms with van der Waals surface area (Å²) in [6.45, 7) is 0.740. The van der Waals surface area contributed by atoms with Gasteiger partial charge in [0.15, 0.2) is 5.82 Å². The van der Waals surface area contributed by atoms with E-state index in [9.17, 15) is 0 Å². The summed E-state index contributed by atoms with van der Waals surface area (Å²) in [4.78, 5) is 10.4. The smallest absolute Gasteiger partial charge is 0.160 e. The fourth-order valence-corrected chi connectivity index (χ4v) is 1.98. The topological polar surface area (TPSA) is 67.1 Å². The van der Waals surface area contributed by atoms with Crippen LogP contribution in [0.1, 0.15) is 5.56 Å². The van der Waals surface area contributed by atoms with Crippen molar-refractivity contribution in [1.29, 1.82) is 0 Å². The molecule has 0 bridgehead atoms. The lowest BCUT2D eigenvalue weighted by molar-refractivity contribution is 0.886. The predicted octanol–water partition coefficient (Wildman–Crippen LogP) is 2.16. The Kier molecular flexibility index (Phi) is 4.11. The normalized spacial score (nSPS) is 10.2. The third-order valence-corrected chi connectivity index (χ3v) is 3.30. The van der Waals surface area contributed by atoms with E-state index >= 15 is 0 Å². The first-order chi connectivity index (χ1) is 8.70. The van der Waals surface area contributed by atoms with E-state index in [1.165, 1.54) is 5.56 Å². The van der Waals surface area contributed by atoms with Crippen molar-refractivity contribution in [1.82, 2.24) is 9.97 Å². The van der Waals surface area contributed by atoms with E-state index in [1.54, 1.807) is 12.4 Å². The van der Waals surface area contributed by atoms with Gasteiger partial charge in [0.2, 0.25) is 0 Å². The van der Waals surface area contributed by atoms with Crippen LogP contribution in [0, 0.1) is 0 Å². The highest BCUT2D eigenvalue weighted by molar-refractivity contribution is 9.10. The Bertz CT molecular complexity index is 531. The van der Waals surface area contributed by atoms with Gasteiger partial charge >= 0.3 is 0 Å². The zero-order chi connectivity index (χ0) is 13.0. The molecule has 5 nitrogen and oxygen atoms in total. The Hall–Kier alpha value is -1.66. The van der Waals surface area contributed by atoms with Gasteiger partial charge in [-0.2, -0.15) is 0 Å². The standard InChI is InChI=1S/C12H14BrN5/c1-18(8-9-4-2-3-5-10(9)13)12-7-15-6-11(16-12)17-14/h2-7H,8,14H2,1H3,(H,16,17). The zero-order valence-corrected chi connectivity index (χ0v) is 11.6. The van der Waals surface area contributed by atoms with Gasteiger partial charge in [-0.05, 0) is 11.6 Å². The summed E-state index contributed by atoms with van der Waals surface area (Å²) in [5.74, 6) is 6.63. The maximum absolute atomic E-state index is 5.32. The first-order valence-electron chi connectivity index (χ1n) is 5.44. The molecule has 2 aromatic rings. The van der Waals surface area contributed by atoms with Crippen LogP contribution in [0.15, 0.2) is 41.1 Å². The number of rotatable bonds is 4. The molecule has 1 heterocycles. The highest BCUT2D eigenvalue weighted by Gasteiger charge is 2.07. The van der Waals surface area contributed by atoms with Gasteiger partial charge in [-0.15, -0.1) is 0 Å². The molecule has 3 N–H and O–H groups in total. The van der Waals surface area contributed by atoms with E-state index < -0.39 is 0 Å². The van der Waals surface area contributed by atoms with Crippen LogP contribution in [-0.2, 0) is 6.54 Å². The van der Waals surface area contributed by atoms with Crippen molar-refractivity contribution in [3.05, 3.63) is 46.7 Å². The molecule has 6 heteroatoms. The summed E-state index contributed by atoms with van der Waals surface area (Å²) < 4.78 is 1.08. The number of aromatic nitrogens is 2. The molecule has 0 saturated heterocycles. The Morgan fingerprint density at radius 3 is 2.83 bits per heavy atom. The molecule has 0 unspecified atom stereocenters. The number of nitrogens with two attached hydrogens (primary N) is 1. The molecular weight excluding hydrogens is 294 g/mol. The lowest BCUT2D eigenvalue weighted by Gasteiger charge is -2.19. The first kappa shape index (κ1) is 12.8. The largest absolute Gasteiger partial charge is 0.354 e. The van der Waals surface area contributed by atoms with Crippen LogP contribution in [0.3, 0.4) is 0 Å². The number of hydrogen-bond acceptors (Lipinski definition) is 5. The summed E-state index contributed by atoms with van der Waals surface area (Å²) >= 11 is 3.53. The Morgan fingerprint density at radius 2 is 2.11 bits per heavy atom. The summed E-state index contributed by atoms with van der Waals surface area (Å²) in [5.41, 5.74) is 3.68. The second-order valence-corrected chi connectivity index (χ2v) is 4.71. The first-order valence-corrected chi connectivity index (χ1v) is 6.23. The van der Waals surface area contributed by atoms with Crippen LogP contribution in [0.5, 0.6) is 0 Å². The Labute approximate surface area is 114 Å². The van der Waals surface area contributed by atoms with Gasteiger partial charge in [-0.3, -0.25) is 4.98 Å². The molecule has 0 radical (unpaired) electrons. The molecule has 0 aliphatic heterocycles. The molecule has 0 fully saturated rings. The molecule has 0 amide bonds. The third kappa shape index (κ3) is 2.96. The van der Waals surface area contributed by atoms with E-state index in [0.717, 1.165) is 16.8 Å². The van der Waals surface area contributed by atoms with Gasteiger partial charge in [0.05, 0.1) is 12.4 Å². The minimum Gasteiger partial charge on any atom is -0.354 e. The lowest BCUT2D eigenvalue weighted by Crippen LogP contribution is -2.19. The molecule has 1 aromatic heterocycles. The Morgan fingerprint density at radius 1 is 1.33 bits per heavy atom. The monoisotopic (exact) mass is 307 g/mol. The van der Waals surface area contributed by atoms with E-state index in [2.05, 4.69) is 37.4 Å². The zero-order valence-electron chi connectivity index (χ0n) is 9.97. The van der Waals surface area contributed by atoms with Crippen molar-refractivity contribution in [2.45, 2.75) is 6.54 Å². The molecule has 2 rings (SSSR count). The van der Waals surface area contributed by atoms with Gasteiger partial charge in [-0.25, -0.2) is 10.8 Å². The Balaban J connectivity index is 2.16. The van der Waals surface area contributed by atoms with Crippen LogP contribution in [-0.4, -0.2) is 17.0 Å². The molecule has 0 saturated carbocycles. The van der Waals surface area contributed by atoms with E-state index in [4.69, 9.17) is 5.84 Å². The summed E-state index contributed by atoms with van der Waals surface area (Å²) in [6, 6.07) is 8.09. The number of hydrogen-bond donors (Lipinski definition) is 2. The van der Waals surface area contributed by atoms with Crippen molar-refractivity contribution >= 4 is 27.6 Å². The second kappa shape index (κ2) is 5.79. The van der Waals surface area contributed by atoms with Crippen molar-refractivity contribution in [3.8, 4) is 0 Å².